The fourth-order valence-corrected chi connectivity index (χ4v) is 1.40. The molecule has 0 atom stereocenters. The van der Waals surface area contributed by atoms with Crippen LogP contribution in [0.4, 0.5) is 0 Å². The highest BCUT2D eigenvalue weighted by molar-refractivity contribution is 5.93. The predicted octanol–water partition coefficient (Wildman–Crippen LogP) is -0.0860. The molecule has 0 saturated carbocycles. The van der Waals surface area contributed by atoms with E-state index in [4.69, 9.17) is 10.5 Å². The van der Waals surface area contributed by atoms with E-state index in [9.17, 15) is 4.79 Å². The van der Waals surface area contributed by atoms with Gasteiger partial charge < -0.3 is 15.4 Å². The second-order valence-corrected chi connectivity index (χ2v) is 3.56. The van der Waals surface area contributed by atoms with Crippen LogP contribution in [0.3, 0.4) is 0 Å². The summed E-state index contributed by atoms with van der Waals surface area (Å²) in [5, 5.41) is 7.34. The summed E-state index contributed by atoms with van der Waals surface area (Å²) in [6, 6.07) is 1.65. The van der Waals surface area contributed by atoms with Crippen LogP contribution in [0.15, 0.2) is 18.5 Å². The maximum atomic E-state index is 12.1. The number of nitrogens with two attached hydrogens (primary N) is 1. The number of hydrogen-bond acceptors (Lipinski definition) is 5. The van der Waals surface area contributed by atoms with Crippen LogP contribution in [0.25, 0.3) is 0 Å². The number of methoxy groups -OCH3 is 1. The van der Waals surface area contributed by atoms with Crippen LogP contribution < -0.4 is 5.73 Å². The highest BCUT2D eigenvalue weighted by Gasteiger charge is 2.14. The van der Waals surface area contributed by atoms with Gasteiger partial charge in [-0.3, -0.25) is 4.79 Å². The van der Waals surface area contributed by atoms with Crippen LogP contribution in [-0.4, -0.2) is 54.4 Å². The van der Waals surface area contributed by atoms with E-state index in [0.717, 1.165) is 6.42 Å². The van der Waals surface area contributed by atoms with E-state index >= 15 is 0 Å². The van der Waals surface area contributed by atoms with Crippen molar-refractivity contribution < 1.29 is 9.53 Å². The highest BCUT2D eigenvalue weighted by atomic mass is 16.5. The van der Waals surface area contributed by atoms with Crippen LogP contribution in [0.1, 0.15) is 16.8 Å². The van der Waals surface area contributed by atoms with Crippen molar-refractivity contribution in [2.24, 2.45) is 5.73 Å². The monoisotopic (exact) mass is 238 g/mol. The largest absolute Gasteiger partial charge is 0.383 e. The molecule has 17 heavy (non-hydrogen) atoms. The van der Waals surface area contributed by atoms with Gasteiger partial charge in [0.15, 0.2) is 0 Å². The molecule has 1 aromatic rings. The van der Waals surface area contributed by atoms with Crippen molar-refractivity contribution in [1.82, 2.24) is 15.1 Å². The first kappa shape index (κ1) is 13.5. The van der Waals surface area contributed by atoms with E-state index in [1.54, 1.807) is 18.1 Å². The van der Waals surface area contributed by atoms with Gasteiger partial charge in [-0.2, -0.15) is 10.2 Å². The van der Waals surface area contributed by atoms with Gasteiger partial charge >= 0.3 is 0 Å². The minimum Gasteiger partial charge on any atom is -0.383 e. The Bertz CT molecular complexity index is 324. The molecule has 2 N–H and O–H groups in total. The van der Waals surface area contributed by atoms with Crippen LogP contribution in [0, 0.1) is 0 Å². The Kier molecular flexibility index (Phi) is 6.13. The zero-order valence-corrected chi connectivity index (χ0v) is 10.0. The second-order valence-electron chi connectivity index (χ2n) is 3.56. The van der Waals surface area contributed by atoms with Crippen molar-refractivity contribution in [2.75, 3.05) is 33.4 Å². The number of carbonyl (C=O) groups excluding carboxylic acids is 1. The molecule has 0 aliphatic heterocycles. The molecule has 6 heteroatoms. The molecule has 0 radical (unpaired) electrons. The maximum Gasteiger partial charge on any atom is 0.255 e. The van der Waals surface area contributed by atoms with Crippen molar-refractivity contribution >= 4 is 5.91 Å². The molecule has 0 aliphatic rings. The Morgan fingerprint density at radius 2 is 2.29 bits per heavy atom. The van der Waals surface area contributed by atoms with Crippen molar-refractivity contribution in [1.29, 1.82) is 0 Å². The fourth-order valence-electron chi connectivity index (χ4n) is 1.40. The Labute approximate surface area is 101 Å². The smallest absolute Gasteiger partial charge is 0.255 e. The SMILES string of the molecule is COCCN(CCCN)C(=O)c1ccnnc1. The summed E-state index contributed by atoms with van der Waals surface area (Å²) in [7, 11) is 1.61. The van der Waals surface area contributed by atoms with Crippen molar-refractivity contribution in [3.05, 3.63) is 24.0 Å². The topological polar surface area (TPSA) is 81.3 Å². The Morgan fingerprint density at radius 1 is 1.47 bits per heavy atom. The molecule has 0 fully saturated rings. The van der Waals surface area contributed by atoms with E-state index in [1.807, 2.05) is 0 Å². The molecule has 6 nitrogen and oxygen atoms in total. The summed E-state index contributed by atoms with van der Waals surface area (Å²) in [5.74, 6) is -0.0644. The van der Waals surface area contributed by atoms with Crippen molar-refractivity contribution in [3.63, 3.8) is 0 Å². The normalized spacial score (nSPS) is 10.2. The zero-order valence-electron chi connectivity index (χ0n) is 10.0. The first-order valence-corrected chi connectivity index (χ1v) is 5.54. The molecule has 0 bridgehead atoms. The van der Waals surface area contributed by atoms with E-state index in [1.165, 1.54) is 12.4 Å². The molecule has 94 valence electrons. The quantitative estimate of drug-likeness (QED) is 0.718. The zero-order chi connectivity index (χ0) is 12.5. The summed E-state index contributed by atoms with van der Waals surface area (Å²) in [5.41, 5.74) is 5.99. The van der Waals surface area contributed by atoms with E-state index in [2.05, 4.69) is 10.2 Å². The average Bonchev–Trinajstić information content (AvgIpc) is 2.39. The number of carbonyl (C=O) groups is 1. The number of ether oxygens (including phenoxy) is 1. The highest BCUT2D eigenvalue weighted by Crippen LogP contribution is 2.03. The number of hydrogen-bond donors (Lipinski definition) is 1. The van der Waals surface area contributed by atoms with E-state index in [-0.39, 0.29) is 5.91 Å². The molecule has 1 rings (SSSR count). The van der Waals surface area contributed by atoms with Crippen LogP contribution in [0.2, 0.25) is 0 Å². The molecule has 0 spiro atoms. The summed E-state index contributed by atoms with van der Waals surface area (Å²) >= 11 is 0. The van der Waals surface area contributed by atoms with Gasteiger partial charge in [-0.25, -0.2) is 0 Å². The lowest BCUT2D eigenvalue weighted by Gasteiger charge is -2.21. The first-order valence-electron chi connectivity index (χ1n) is 5.54. The minimum absolute atomic E-state index is 0.0644. The lowest BCUT2D eigenvalue weighted by molar-refractivity contribution is 0.0694. The standard InChI is InChI=1S/C11H18N4O2/c1-17-8-7-15(6-2-4-12)11(16)10-3-5-13-14-9-10/h3,5,9H,2,4,6-8,12H2,1H3. The third kappa shape index (κ3) is 4.46. The third-order valence-corrected chi connectivity index (χ3v) is 2.32. The molecule has 0 aliphatic carbocycles. The van der Waals surface area contributed by atoms with E-state index < -0.39 is 0 Å². The summed E-state index contributed by atoms with van der Waals surface area (Å²) in [4.78, 5) is 13.8. The maximum absolute atomic E-state index is 12.1. The molecule has 1 aromatic heterocycles. The lowest BCUT2D eigenvalue weighted by Crippen LogP contribution is -2.35. The Balaban J connectivity index is 2.64. The number of nitrogens with zero attached hydrogens (tertiary/aromatic N) is 3. The van der Waals surface area contributed by atoms with Crippen molar-refractivity contribution in [3.8, 4) is 0 Å². The Hall–Kier alpha value is -1.53. The third-order valence-electron chi connectivity index (χ3n) is 2.32. The number of aromatic nitrogens is 2. The number of rotatable bonds is 7. The first-order chi connectivity index (χ1) is 8.29. The lowest BCUT2D eigenvalue weighted by atomic mass is 10.2. The molecule has 0 aromatic carbocycles. The van der Waals surface area contributed by atoms with Gasteiger partial charge in [0.05, 0.1) is 24.6 Å². The molecular weight excluding hydrogens is 220 g/mol. The van der Waals surface area contributed by atoms with Gasteiger partial charge in [0.2, 0.25) is 0 Å². The van der Waals surface area contributed by atoms with E-state index in [0.29, 0.717) is 31.8 Å². The number of amides is 1. The molecule has 1 heterocycles. The fraction of sp³-hybridized carbons (Fsp3) is 0.545. The van der Waals surface area contributed by atoms with Gasteiger partial charge in [0.1, 0.15) is 0 Å². The summed E-state index contributed by atoms with van der Waals surface area (Å²) in [6.45, 7) is 2.25. The minimum atomic E-state index is -0.0644. The van der Waals surface area contributed by atoms with Crippen molar-refractivity contribution in [2.45, 2.75) is 6.42 Å². The Morgan fingerprint density at radius 3 is 2.88 bits per heavy atom. The van der Waals surface area contributed by atoms with Gasteiger partial charge in [0, 0.05) is 20.2 Å². The molecular formula is C11H18N4O2. The van der Waals surface area contributed by atoms with Crippen LogP contribution in [0.5, 0.6) is 0 Å². The van der Waals surface area contributed by atoms with Crippen LogP contribution in [-0.2, 0) is 4.74 Å². The van der Waals surface area contributed by atoms with Gasteiger partial charge in [-0.15, -0.1) is 0 Å². The predicted molar refractivity (Wildman–Crippen MR) is 63.5 cm³/mol. The molecule has 1 amide bonds. The second kappa shape index (κ2) is 7.70. The van der Waals surface area contributed by atoms with Gasteiger partial charge in [-0.1, -0.05) is 0 Å². The summed E-state index contributed by atoms with van der Waals surface area (Å²) in [6.07, 6.45) is 3.74. The molecule has 0 saturated heterocycles. The van der Waals surface area contributed by atoms with Crippen LogP contribution >= 0.6 is 0 Å². The average molecular weight is 238 g/mol. The summed E-state index contributed by atoms with van der Waals surface area (Å²) < 4.78 is 4.99. The molecule has 0 unspecified atom stereocenters. The van der Waals surface area contributed by atoms with Gasteiger partial charge in [-0.05, 0) is 19.0 Å². The van der Waals surface area contributed by atoms with Gasteiger partial charge in [0.25, 0.3) is 5.91 Å².